The Morgan fingerprint density at radius 3 is 2.17 bits per heavy atom. The molecule has 0 spiro atoms. The van der Waals surface area contributed by atoms with Gasteiger partial charge in [0.15, 0.2) is 0 Å². The van der Waals surface area contributed by atoms with Crippen molar-refractivity contribution >= 4 is 18.0 Å². The summed E-state index contributed by atoms with van der Waals surface area (Å²) in [6.45, 7) is -1.34. The van der Waals surface area contributed by atoms with Crippen LogP contribution in [-0.4, -0.2) is 65.6 Å². The summed E-state index contributed by atoms with van der Waals surface area (Å²) in [4.78, 5) is 36.3. The number of aliphatic carboxylic acids is 1. The summed E-state index contributed by atoms with van der Waals surface area (Å²) >= 11 is 0. The zero-order valence-corrected chi connectivity index (χ0v) is 18.3. The van der Waals surface area contributed by atoms with Crippen molar-refractivity contribution in [1.82, 2.24) is 10.2 Å². The van der Waals surface area contributed by atoms with Crippen molar-refractivity contribution < 1.29 is 41.8 Å². The molecule has 2 unspecified atom stereocenters. The van der Waals surface area contributed by atoms with Gasteiger partial charge < -0.3 is 20.1 Å². The van der Waals surface area contributed by atoms with E-state index < -0.39 is 61.8 Å². The van der Waals surface area contributed by atoms with Gasteiger partial charge in [0.25, 0.3) is 12.3 Å². The molecule has 2 amide bonds. The molecule has 4 rings (SSSR count). The second-order valence-corrected chi connectivity index (χ2v) is 8.55. The molecular weight excluding hydrogens is 472 g/mol. The highest BCUT2D eigenvalue weighted by atomic mass is 19.3. The molecule has 2 atom stereocenters. The molecule has 1 aliphatic carbocycles. The molecule has 35 heavy (non-hydrogen) atoms. The number of hydrogen-bond donors (Lipinski definition) is 2. The molecule has 2 aromatic rings. The number of carboxylic acid groups (broad SMARTS) is 1. The largest absolute Gasteiger partial charge is 0.480 e. The summed E-state index contributed by atoms with van der Waals surface area (Å²) < 4.78 is 59.6. The van der Waals surface area contributed by atoms with Crippen LogP contribution in [0.5, 0.6) is 0 Å². The van der Waals surface area contributed by atoms with Crippen LogP contribution in [0.3, 0.4) is 0 Å². The smallest absolute Gasteiger partial charge is 0.407 e. The number of rotatable bonds is 7. The van der Waals surface area contributed by atoms with E-state index in [-0.39, 0.29) is 12.5 Å². The molecule has 1 saturated heterocycles. The molecule has 1 fully saturated rings. The average molecular weight is 494 g/mol. The molecule has 0 aromatic heterocycles. The second kappa shape index (κ2) is 9.55. The lowest BCUT2D eigenvalue weighted by Crippen LogP contribution is -2.47. The lowest BCUT2D eigenvalue weighted by Gasteiger charge is -2.24. The molecule has 0 saturated carbocycles. The highest BCUT2D eigenvalue weighted by Crippen LogP contribution is 2.44. The van der Waals surface area contributed by atoms with Gasteiger partial charge >= 0.3 is 12.1 Å². The third-order valence-electron chi connectivity index (χ3n) is 6.22. The molecule has 1 heterocycles. The fourth-order valence-electron chi connectivity index (χ4n) is 4.60. The number of alkyl halides is 4. The summed E-state index contributed by atoms with van der Waals surface area (Å²) in [5.74, 6) is -6.64. The number of carboxylic acids is 1. The molecule has 2 N–H and O–H groups in total. The van der Waals surface area contributed by atoms with Crippen LogP contribution in [0.1, 0.15) is 29.9 Å². The highest BCUT2D eigenvalue weighted by molar-refractivity contribution is 5.85. The third-order valence-corrected chi connectivity index (χ3v) is 6.22. The van der Waals surface area contributed by atoms with Gasteiger partial charge in [-0.2, -0.15) is 0 Å². The lowest BCUT2D eigenvalue weighted by molar-refractivity contribution is -0.148. The Kier molecular flexibility index (Phi) is 6.68. The van der Waals surface area contributed by atoms with Gasteiger partial charge in [0.2, 0.25) is 5.91 Å². The summed E-state index contributed by atoms with van der Waals surface area (Å²) in [6, 6.07) is 11.2. The summed E-state index contributed by atoms with van der Waals surface area (Å²) in [6.07, 6.45) is -6.58. The van der Waals surface area contributed by atoms with E-state index in [2.05, 4.69) is 0 Å². The Bertz CT molecular complexity index is 1100. The predicted molar refractivity (Wildman–Crippen MR) is 115 cm³/mol. The van der Waals surface area contributed by atoms with Gasteiger partial charge in [0.05, 0.1) is 13.0 Å². The van der Waals surface area contributed by atoms with Gasteiger partial charge in [-0.1, -0.05) is 48.5 Å². The molecule has 0 radical (unpaired) electrons. The molecule has 2 aliphatic rings. The highest BCUT2D eigenvalue weighted by Gasteiger charge is 2.50. The maximum absolute atomic E-state index is 13.6. The zero-order chi connectivity index (χ0) is 25.3. The number of alkyl carbamates (subject to hydrolysis) is 1. The molecule has 11 heteroatoms. The summed E-state index contributed by atoms with van der Waals surface area (Å²) in [5, 5.41) is 11.0. The van der Waals surface area contributed by atoms with Crippen molar-refractivity contribution in [3.8, 4) is 11.1 Å². The first-order chi connectivity index (χ1) is 16.6. The Morgan fingerprint density at radius 2 is 1.63 bits per heavy atom. The topological polar surface area (TPSA) is 95.9 Å². The SMILES string of the molecule is O=C(NC(CC(=O)N1CC(F)(F)CC1C(=O)O)C(F)F)OCC1c2ccccc2-c2ccccc21. The average Bonchev–Trinajstić information content (AvgIpc) is 3.31. The van der Waals surface area contributed by atoms with Crippen LogP contribution < -0.4 is 5.32 Å². The Hall–Kier alpha value is -3.63. The standard InChI is InChI=1S/C24H22F4N2O5/c25-21(26)18(9-20(31)30-12-24(27,28)10-19(30)22(32)33)29-23(34)35-11-17-15-7-3-1-5-13(15)14-6-2-4-8-16(14)17/h1-8,17-19,21H,9-12H2,(H,29,34)(H,32,33). The van der Waals surface area contributed by atoms with Gasteiger partial charge in [0.1, 0.15) is 18.7 Å². The zero-order valence-electron chi connectivity index (χ0n) is 18.3. The van der Waals surface area contributed by atoms with E-state index >= 15 is 0 Å². The van der Waals surface area contributed by atoms with Crippen molar-refractivity contribution in [2.24, 2.45) is 0 Å². The van der Waals surface area contributed by atoms with Gasteiger partial charge in [0, 0.05) is 12.3 Å². The van der Waals surface area contributed by atoms with E-state index in [1.165, 1.54) is 0 Å². The minimum atomic E-state index is -3.45. The third kappa shape index (κ3) is 5.08. The fourth-order valence-corrected chi connectivity index (χ4v) is 4.60. The maximum Gasteiger partial charge on any atom is 0.407 e. The molecule has 2 aromatic carbocycles. The van der Waals surface area contributed by atoms with Gasteiger partial charge in [-0.15, -0.1) is 0 Å². The summed E-state index contributed by atoms with van der Waals surface area (Å²) in [7, 11) is 0. The van der Waals surface area contributed by atoms with Gasteiger partial charge in [-0.05, 0) is 22.3 Å². The molecule has 186 valence electrons. The van der Waals surface area contributed by atoms with E-state index in [0.29, 0.717) is 4.90 Å². The molecule has 0 bridgehead atoms. The number of fused-ring (bicyclic) bond motifs is 3. The van der Waals surface area contributed by atoms with Gasteiger partial charge in [-0.25, -0.2) is 27.2 Å². The van der Waals surface area contributed by atoms with E-state index in [1.807, 2.05) is 53.8 Å². The number of amides is 2. The molecule has 7 nitrogen and oxygen atoms in total. The van der Waals surface area contributed by atoms with Crippen molar-refractivity contribution in [2.75, 3.05) is 13.2 Å². The van der Waals surface area contributed by atoms with E-state index in [1.54, 1.807) is 0 Å². The van der Waals surface area contributed by atoms with E-state index in [0.717, 1.165) is 22.3 Å². The number of likely N-dealkylation sites (tertiary alicyclic amines) is 1. The van der Waals surface area contributed by atoms with Crippen LogP contribution >= 0.6 is 0 Å². The summed E-state index contributed by atoms with van der Waals surface area (Å²) in [5.41, 5.74) is 3.78. The Balaban J connectivity index is 1.39. The Labute approximate surface area is 197 Å². The van der Waals surface area contributed by atoms with Gasteiger partial charge in [-0.3, -0.25) is 4.79 Å². The first-order valence-corrected chi connectivity index (χ1v) is 10.9. The fraction of sp³-hybridized carbons (Fsp3) is 0.375. The number of nitrogens with zero attached hydrogens (tertiary/aromatic N) is 1. The maximum atomic E-state index is 13.6. The van der Waals surface area contributed by atoms with Crippen molar-refractivity contribution in [3.05, 3.63) is 59.7 Å². The number of carbonyl (C=O) groups excluding carboxylic acids is 2. The minimum Gasteiger partial charge on any atom is -0.480 e. The number of ether oxygens (including phenoxy) is 1. The molecular formula is C24H22F4N2O5. The van der Waals surface area contributed by atoms with E-state index in [9.17, 15) is 31.9 Å². The normalized spacial score (nSPS) is 19.2. The van der Waals surface area contributed by atoms with Crippen LogP contribution in [0.4, 0.5) is 22.4 Å². The Morgan fingerprint density at radius 1 is 1.06 bits per heavy atom. The number of benzene rings is 2. The quantitative estimate of drug-likeness (QED) is 0.570. The first kappa shape index (κ1) is 24.5. The number of nitrogens with one attached hydrogen (secondary N) is 1. The monoisotopic (exact) mass is 494 g/mol. The first-order valence-electron chi connectivity index (χ1n) is 10.9. The van der Waals surface area contributed by atoms with Crippen molar-refractivity contribution in [3.63, 3.8) is 0 Å². The minimum absolute atomic E-state index is 0.150. The van der Waals surface area contributed by atoms with Crippen molar-refractivity contribution in [1.29, 1.82) is 0 Å². The van der Waals surface area contributed by atoms with Crippen LogP contribution in [0, 0.1) is 0 Å². The van der Waals surface area contributed by atoms with E-state index in [4.69, 9.17) is 9.84 Å². The lowest BCUT2D eigenvalue weighted by atomic mass is 9.98. The van der Waals surface area contributed by atoms with Crippen LogP contribution in [-0.2, 0) is 14.3 Å². The second-order valence-electron chi connectivity index (χ2n) is 8.55. The van der Waals surface area contributed by atoms with Crippen molar-refractivity contribution in [2.45, 2.75) is 43.2 Å². The number of hydrogen-bond acceptors (Lipinski definition) is 4. The van der Waals surface area contributed by atoms with Crippen LogP contribution in [0.15, 0.2) is 48.5 Å². The van der Waals surface area contributed by atoms with Crippen LogP contribution in [0.25, 0.3) is 11.1 Å². The number of halogens is 4. The number of carbonyl (C=O) groups is 3. The molecule has 1 aliphatic heterocycles. The predicted octanol–water partition coefficient (Wildman–Crippen LogP) is 3.87. The van der Waals surface area contributed by atoms with Crippen LogP contribution in [0.2, 0.25) is 0 Å².